The van der Waals surface area contributed by atoms with Crippen molar-refractivity contribution in [2.24, 2.45) is 11.7 Å². The fraction of sp³-hybridized carbons (Fsp3) is 0.571. The average molecular weight is 217 g/mol. The summed E-state index contributed by atoms with van der Waals surface area (Å²) < 4.78 is 5.52. The van der Waals surface area contributed by atoms with Gasteiger partial charge in [0.1, 0.15) is 5.75 Å². The summed E-state index contributed by atoms with van der Waals surface area (Å²) in [7, 11) is 0. The number of fused-ring (bicyclic) bond motifs is 1. The van der Waals surface area contributed by atoms with Crippen molar-refractivity contribution >= 4 is 0 Å². The Hall–Kier alpha value is -1.02. The highest BCUT2D eigenvalue weighted by Crippen LogP contribution is 2.36. The molecule has 0 radical (unpaired) electrons. The predicted molar refractivity (Wildman–Crippen MR) is 64.5 cm³/mol. The van der Waals surface area contributed by atoms with Crippen LogP contribution >= 0.6 is 0 Å². The summed E-state index contributed by atoms with van der Waals surface area (Å²) in [6.45, 7) is 0.831. The van der Waals surface area contributed by atoms with E-state index in [1.165, 1.54) is 36.8 Å². The maximum atomic E-state index is 6.35. The second-order valence-electron chi connectivity index (χ2n) is 5.04. The quantitative estimate of drug-likeness (QED) is 0.826. The van der Waals surface area contributed by atoms with Gasteiger partial charge in [0.2, 0.25) is 0 Å². The summed E-state index contributed by atoms with van der Waals surface area (Å²) in [5.41, 5.74) is 8.99. The third kappa shape index (κ3) is 1.71. The number of hydrogen-bond donors (Lipinski definition) is 1. The van der Waals surface area contributed by atoms with E-state index in [9.17, 15) is 0 Å². The van der Waals surface area contributed by atoms with E-state index in [1.54, 1.807) is 0 Å². The normalized spacial score (nSPS) is 21.8. The predicted octanol–water partition coefficient (Wildman–Crippen LogP) is 2.81. The standard InChI is InChI=1S/C14H19NO/c15-14(10-3-1-2-4-10)12-5-6-13-11(9-12)7-8-16-13/h5-6,9-10,14H,1-4,7-8,15H2/t14-/m0/s1. The summed E-state index contributed by atoms with van der Waals surface area (Å²) in [6.07, 6.45) is 6.35. The topological polar surface area (TPSA) is 35.2 Å². The van der Waals surface area contributed by atoms with Crippen molar-refractivity contribution in [1.29, 1.82) is 0 Å². The monoisotopic (exact) mass is 217 g/mol. The van der Waals surface area contributed by atoms with Crippen LogP contribution in [0.2, 0.25) is 0 Å². The number of hydrogen-bond acceptors (Lipinski definition) is 2. The maximum Gasteiger partial charge on any atom is 0.122 e. The first-order valence-electron chi connectivity index (χ1n) is 6.36. The molecule has 1 aromatic rings. The Morgan fingerprint density at radius 2 is 2.06 bits per heavy atom. The van der Waals surface area contributed by atoms with Crippen LogP contribution in [0.4, 0.5) is 0 Å². The van der Waals surface area contributed by atoms with E-state index >= 15 is 0 Å². The van der Waals surface area contributed by atoms with Crippen LogP contribution in [0.15, 0.2) is 18.2 Å². The molecule has 0 amide bonds. The Balaban J connectivity index is 1.83. The lowest BCUT2D eigenvalue weighted by Crippen LogP contribution is -2.19. The van der Waals surface area contributed by atoms with E-state index in [2.05, 4.69) is 18.2 Å². The van der Waals surface area contributed by atoms with E-state index in [0.717, 1.165) is 18.8 Å². The van der Waals surface area contributed by atoms with Gasteiger partial charge in [-0.2, -0.15) is 0 Å². The number of nitrogens with two attached hydrogens (primary N) is 1. The second-order valence-corrected chi connectivity index (χ2v) is 5.04. The van der Waals surface area contributed by atoms with E-state index in [-0.39, 0.29) is 6.04 Å². The molecule has 1 fully saturated rings. The molecule has 1 saturated carbocycles. The highest BCUT2D eigenvalue weighted by Gasteiger charge is 2.24. The zero-order chi connectivity index (χ0) is 11.0. The molecule has 0 unspecified atom stereocenters. The van der Waals surface area contributed by atoms with Crippen molar-refractivity contribution < 1.29 is 4.74 Å². The molecule has 0 saturated heterocycles. The van der Waals surface area contributed by atoms with E-state index in [1.807, 2.05) is 0 Å². The van der Waals surface area contributed by atoms with Gasteiger partial charge in [0.25, 0.3) is 0 Å². The number of rotatable bonds is 2. The number of benzene rings is 1. The molecule has 86 valence electrons. The minimum absolute atomic E-state index is 0.230. The van der Waals surface area contributed by atoms with Crippen LogP contribution in [-0.4, -0.2) is 6.61 Å². The summed E-state index contributed by atoms with van der Waals surface area (Å²) in [6, 6.07) is 6.72. The zero-order valence-corrected chi connectivity index (χ0v) is 9.61. The third-order valence-electron chi connectivity index (χ3n) is 4.01. The van der Waals surface area contributed by atoms with Gasteiger partial charge in [-0.05, 0) is 36.0 Å². The van der Waals surface area contributed by atoms with Gasteiger partial charge < -0.3 is 10.5 Å². The average Bonchev–Trinajstić information content (AvgIpc) is 2.98. The largest absolute Gasteiger partial charge is 0.493 e. The van der Waals surface area contributed by atoms with Gasteiger partial charge in [0.05, 0.1) is 6.61 Å². The Bertz CT molecular complexity index is 382. The lowest BCUT2D eigenvalue weighted by Gasteiger charge is -2.19. The molecule has 0 aromatic heterocycles. The van der Waals surface area contributed by atoms with E-state index in [0.29, 0.717) is 5.92 Å². The van der Waals surface area contributed by atoms with Gasteiger partial charge in [0.15, 0.2) is 0 Å². The van der Waals surface area contributed by atoms with Crippen molar-refractivity contribution in [3.05, 3.63) is 29.3 Å². The smallest absolute Gasteiger partial charge is 0.122 e. The molecule has 1 aliphatic heterocycles. The van der Waals surface area contributed by atoms with Gasteiger partial charge in [0, 0.05) is 12.5 Å². The SMILES string of the molecule is N[C@H](c1ccc2c(c1)CCO2)C1CCCC1. The summed E-state index contributed by atoms with van der Waals surface area (Å²) in [5.74, 6) is 1.75. The molecule has 0 bridgehead atoms. The zero-order valence-electron chi connectivity index (χ0n) is 9.61. The van der Waals surface area contributed by atoms with Gasteiger partial charge in [-0.25, -0.2) is 0 Å². The third-order valence-corrected chi connectivity index (χ3v) is 4.01. The minimum atomic E-state index is 0.230. The van der Waals surface area contributed by atoms with Crippen LogP contribution in [0.3, 0.4) is 0 Å². The minimum Gasteiger partial charge on any atom is -0.493 e. The molecule has 1 aromatic carbocycles. The molecule has 0 spiro atoms. The lowest BCUT2D eigenvalue weighted by atomic mass is 9.91. The Labute approximate surface area is 96.8 Å². The van der Waals surface area contributed by atoms with E-state index < -0.39 is 0 Å². The fourth-order valence-electron chi connectivity index (χ4n) is 3.00. The van der Waals surface area contributed by atoms with Crippen molar-refractivity contribution in [2.75, 3.05) is 6.61 Å². The Morgan fingerprint density at radius 1 is 1.25 bits per heavy atom. The van der Waals surface area contributed by atoms with E-state index in [4.69, 9.17) is 10.5 Å². The van der Waals surface area contributed by atoms with Crippen LogP contribution in [0, 0.1) is 5.92 Å². The van der Waals surface area contributed by atoms with Gasteiger partial charge in [-0.15, -0.1) is 0 Å². The molecule has 1 aliphatic carbocycles. The van der Waals surface area contributed by atoms with Gasteiger partial charge >= 0.3 is 0 Å². The second kappa shape index (κ2) is 4.10. The molecule has 16 heavy (non-hydrogen) atoms. The van der Waals surface area contributed by atoms with Crippen molar-refractivity contribution in [3.8, 4) is 5.75 Å². The highest BCUT2D eigenvalue weighted by atomic mass is 16.5. The Kier molecular flexibility index (Phi) is 2.60. The molecular weight excluding hydrogens is 198 g/mol. The first-order valence-corrected chi connectivity index (χ1v) is 6.36. The first-order chi connectivity index (χ1) is 7.84. The van der Waals surface area contributed by atoms with Crippen LogP contribution in [0.25, 0.3) is 0 Å². The fourth-order valence-corrected chi connectivity index (χ4v) is 3.00. The van der Waals surface area contributed by atoms with Gasteiger partial charge in [-0.3, -0.25) is 0 Å². The van der Waals surface area contributed by atoms with Gasteiger partial charge in [-0.1, -0.05) is 25.0 Å². The molecule has 2 heteroatoms. The maximum absolute atomic E-state index is 6.35. The summed E-state index contributed by atoms with van der Waals surface area (Å²) in [4.78, 5) is 0. The molecular formula is C14H19NO. The molecule has 3 rings (SSSR count). The summed E-state index contributed by atoms with van der Waals surface area (Å²) >= 11 is 0. The Morgan fingerprint density at radius 3 is 2.88 bits per heavy atom. The van der Waals surface area contributed by atoms with Crippen LogP contribution < -0.4 is 10.5 Å². The molecule has 2 N–H and O–H groups in total. The van der Waals surface area contributed by atoms with Crippen LogP contribution in [-0.2, 0) is 6.42 Å². The highest BCUT2D eigenvalue weighted by molar-refractivity contribution is 5.40. The molecule has 1 heterocycles. The lowest BCUT2D eigenvalue weighted by molar-refractivity contribution is 0.356. The molecule has 2 nitrogen and oxygen atoms in total. The summed E-state index contributed by atoms with van der Waals surface area (Å²) in [5, 5.41) is 0. The van der Waals surface area contributed by atoms with Crippen LogP contribution in [0.1, 0.15) is 42.9 Å². The van der Waals surface area contributed by atoms with Crippen molar-refractivity contribution in [3.63, 3.8) is 0 Å². The van der Waals surface area contributed by atoms with Crippen LogP contribution in [0.5, 0.6) is 5.75 Å². The number of ether oxygens (including phenoxy) is 1. The molecule has 2 aliphatic rings. The van der Waals surface area contributed by atoms with Crippen molar-refractivity contribution in [2.45, 2.75) is 38.1 Å². The first kappa shape index (κ1) is 10.2. The molecule has 1 atom stereocenters. The van der Waals surface area contributed by atoms with Crippen molar-refractivity contribution in [1.82, 2.24) is 0 Å².